The van der Waals surface area contributed by atoms with Crippen LogP contribution in [0.3, 0.4) is 0 Å². The molecule has 4 heteroatoms. The van der Waals surface area contributed by atoms with Crippen LogP contribution in [0.4, 0.5) is 5.69 Å². The van der Waals surface area contributed by atoms with Gasteiger partial charge in [-0.15, -0.1) is 0 Å². The van der Waals surface area contributed by atoms with Gasteiger partial charge in [0.15, 0.2) is 11.9 Å². The van der Waals surface area contributed by atoms with E-state index in [-0.39, 0.29) is 11.9 Å². The van der Waals surface area contributed by atoms with Gasteiger partial charge in [0.05, 0.1) is 11.3 Å². The summed E-state index contributed by atoms with van der Waals surface area (Å²) in [6.07, 6.45) is -0.234. The van der Waals surface area contributed by atoms with Gasteiger partial charge in [-0.25, -0.2) is 0 Å². The monoisotopic (exact) mass is 213 g/mol. The Kier molecular flexibility index (Phi) is 1.74. The van der Waals surface area contributed by atoms with Crippen LogP contribution in [0.2, 0.25) is 0 Å². The highest BCUT2D eigenvalue weighted by Crippen LogP contribution is 2.37. The topological polar surface area (TPSA) is 45.0 Å². The molecule has 3 rings (SSSR count). The number of rotatable bonds is 0. The number of ketones is 1. The van der Waals surface area contributed by atoms with E-state index in [0.29, 0.717) is 5.57 Å². The van der Waals surface area contributed by atoms with Gasteiger partial charge in [0.25, 0.3) is 0 Å². The number of para-hydroxylation sites is 1. The lowest BCUT2D eigenvalue weighted by Gasteiger charge is -2.31. The fourth-order valence-corrected chi connectivity index (χ4v) is 2.24. The third-order valence-electron chi connectivity index (χ3n) is 3.11. The van der Waals surface area contributed by atoms with Crippen molar-refractivity contribution in [2.75, 3.05) is 11.9 Å². The van der Waals surface area contributed by atoms with Crippen LogP contribution in [0.15, 0.2) is 45.8 Å². The molecule has 2 heterocycles. The second-order valence-corrected chi connectivity index (χ2v) is 4.05. The van der Waals surface area contributed by atoms with Crippen molar-refractivity contribution in [1.29, 1.82) is 0 Å². The number of Topliss-reactive ketones (excluding diaryl/α,β-unsaturated/α-hetero) is 1. The summed E-state index contributed by atoms with van der Waals surface area (Å²) in [5, 5.41) is 8.13. The second kappa shape index (κ2) is 3.01. The molecule has 0 bridgehead atoms. The van der Waals surface area contributed by atoms with Gasteiger partial charge in [-0.05, 0) is 19.1 Å². The third-order valence-corrected chi connectivity index (χ3v) is 3.11. The SMILES string of the molecule is CC1=C2C(=O)c3ccccc3N(C)C2N=N1. The Balaban J connectivity index is 2.26. The third kappa shape index (κ3) is 1.01. The van der Waals surface area contributed by atoms with Crippen molar-refractivity contribution in [3.8, 4) is 0 Å². The summed E-state index contributed by atoms with van der Waals surface area (Å²) in [6, 6.07) is 7.59. The highest BCUT2D eigenvalue weighted by Gasteiger charge is 2.37. The van der Waals surface area contributed by atoms with Gasteiger partial charge in [-0.1, -0.05) is 12.1 Å². The molecule has 0 aliphatic carbocycles. The fourth-order valence-electron chi connectivity index (χ4n) is 2.24. The Hall–Kier alpha value is -1.97. The summed E-state index contributed by atoms with van der Waals surface area (Å²) in [7, 11) is 1.94. The molecule has 1 atom stereocenters. The van der Waals surface area contributed by atoms with E-state index in [9.17, 15) is 4.79 Å². The number of hydrogen-bond donors (Lipinski definition) is 0. The molecule has 0 aromatic heterocycles. The summed E-state index contributed by atoms with van der Waals surface area (Å²) < 4.78 is 0. The molecule has 0 spiro atoms. The zero-order chi connectivity index (χ0) is 11.3. The van der Waals surface area contributed by atoms with Crippen molar-refractivity contribution < 1.29 is 4.79 Å². The van der Waals surface area contributed by atoms with Gasteiger partial charge < -0.3 is 4.90 Å². The molecular formula is C12H11N3O. The predicted molar refractivity (Wildman–Crippen MR) is 60.5 cm³/mol. The number of carbonyl (C=O) groups excluding carboxylic acids is 1. The molecule has 1 unspecified atom stereocenters. The van der Waals surface area contributed by atoms with Crippen LogP contribution in [0.25, 0.3) is 0 Å². The smallest absolute Gasteiger partial charge is 0.197 e. The first-order chi connectivity index (χ1) is 7.70. The van der Waals surface area contributed by atoms with Crippen molar-refractivity contribution in [1.82, 2.24) is 0 Å². The summed E-state index contributed by atoms with van der Waals surface area (Å²) in [6.45, 7) is 1.83. The minimum atomic E-state index is -0.234. The van der Waals surface area contributed by atoms with Crippen LogP contribution in [0.1, 0.15) is 17.3 Å². The average molecular weight is 213 g/mol. The van der Waals surface area contributed by atoms with Gasteiger partial charge in [0.1, 0.15) is 0 Å². The van der Waals surface area contributed by atoms with Crippen molar-refractivity contribution in [3.05, 3.63) is 41.1 Å². The summed E-state index contributed by atoms with van der Waals surface area (Å²) in [5.74, 6) is 0.0567. The van der Waals surface area contributed by atoms with E-state index < -0.39 is 0 Å². The molecule has 2 aliphatic heterocycles. The van der Waals surface area contributed by atoms with E-state index >= 15 is 0 Å². The largest absolute Gasteiger partial charge is 0.347 e. The number of nitrogens with zero attached hydrogens (tertiary/aromatic N) is 3. The van der Waals surface area contributed by atoms with E-state index in [0.717, 1.165) is 16.9 Å². The molecule has 0 amide bonds. The Morgan fingerprint density at radius 1 is 1.31 bits per heavy atom. The number of likely N-dealkylation sites (N-methyl/N-ethyl adjacent to an activating group) is 1. The minimum absolute atomic E-state index is 0.0567. The lowest BCUT2D eigenvalue weighted by Crippen LogP contribution is -2.38. The van der Waals surface area contributed by atoms with Crippen molar-refractivity contribution >= 4 is 11.5 Å². The standard InChI is InChI=1S/C12H11N3O/c1-7-10-11(16)8-5-3-4-6-9(8)15(2)12(10)14-13-7/h3-6,12H,1-2H3. The first-order valence-electron chi connectivity index (χ1n) is 5.18. The predicted octanol–water partition coefficient (Wildman–Crippen LogP) is 2.39. The van der Waals surface area contributed by atoms with Gasteiger partial charge >= 0.3 is 0 Å². The Labute approximate surface area is 93.3 Å². The Bertz CT molecular complexity index is 545. The van der Waals surface area contributed by atoms with Crippen LogP contribution in [-0.2, 0) is 0 Å². The molecule has 4 nitrogen and oxygen atoms in total. The van der Waals surface area contributed by atoms with Crippen LogP contribution >= 0.6 is 0 Å². The Morgan fingerprint density at radius 3 is 2.88 bits per heavy atom. The summed E-state index contributed by atoms with van der Waals surface area (Å²) in [4.78, 5) is 14.2. The number of azo groups is 1. The number of fused-ring (bicyclic) bond motifs is 2. The van der Waals surface area contributed by atoms with Gasteiger partial charge in [0.2, 0.25) is 0 Å². The molecule has 1 aromatic carbocycles. The zero-order valence-electron chi connectivity index (χ0n) is 9.14. The fraction of sp³-hybridized carbons (Fsp3) is 0.250. The summed E-state index contributed by atoms with van der Waals surface area (Å²) in [5.41, 5.74) is 3.11. The quantitative estimate of drug-likeness (QED) is 0.664. The van der Waals surface area contributed by atoms with Crippen molar-refractivity contribution in [2.45, 2.75) is 13.1 Å². The van der Waals surface area contributed by atoms with Crippen LogP contribution in [-0.4, -0.2) is 19.0 Å². The Morgan fingerprint density at radius 2 is 2.06 bits per heavy atom. The molecule has 0 N–H and O–H groups in total. The van der Waals surface area contributed by atoms with Crippen molar-refractivity contribution in [2.24, 2.45) is 10.2 Å². The molecule has 0 saturated carbocycles. The number of benzene rings is 1. The van der Waals surface area contributed by atoms with E-state index in [4.69, 9.17) is 0 Å². The van der Waals surface area contributed by atoms with Gasteiger partial charge in [-0.3, -0.25) is 4.79 Å². The molecular weight excluding hydrogens is 202 g/mol. The molecule has 1 aromatic rings. The van der Waals surface area contributed by atoms with Crippen LogP contribution < -0.4 is 4.90 Å². The number of hydrogen-bond acceptors (Lipinski definition) is 4. The van der Waals surface area contributed by atoms with Crippen LogP contribution in [0.5, 0.6) is 0 Å². The first kappa shape index (κ1) is 9.27. The highest BCUT2D eigenvalue weighted by molar-refractivity contribution is 6.15. The maximum absolute atomic E-state index is 12.2. The normalized spacial score (nSPS) is 22.5. The molecule has 0 saturated heterocycles. The second-order valence-electron chi connectivity index (χ2n) is 4.05. The first-order valence-corrected chi connectivity index (χ1v) is 5.18. The minimum Gasteiger partial charge on any atom is -0.347 e. The molecule has 80 valence electrons. The average Bonchev–Trinajstić information content (AvgIpc) is 2.69. The highest BCUT2D eigenvalue weighted by atomic mass is 16.1. The summed E-state index contributed by atoms with van der Waals surface area (Å²) >= 11 is 0. The number of allylic oxidation sites excluding steroid dienone is 1. The molecule has 2 aliphatic rings. The zero-order valence-corrected chi connectivity index (χ0v) is 9.14. The molecule has 16 heavy (non-hydrogen) atoms. The van der Waals surface area contributed by atoms with Gasteiger partial charge in [0, 0.05) is 18.3 Å². The lowest BCUT2D eigenvalue weighted by molar-refractivity contribution is 0.102. The van der Waals surface area contributed by atoms with E-state index in [2.05, 4.69) is 10.2 Å². The molecule has 0 fully saturated rings. The van der Waals surface area contributed by atoms with E-state index in [1.807, 2.05) is 43.1 Å². The number of carbonyl (C=O) groups is 1. The van der Waals surface area contributed by atoms with E-state index in [1.54, 1.807) is 0 Å². The van der Waals surface area contributed by atoms with Crippen LogP contribution in [0, 0.1) is 0 Å². The lowest BCUT2D eigenvalue weighted by atomic mass is 9.93. The van der Waals surface area contributed by atoms with Crippen molar-refractivity contribution in [3.63, 3.8) is 0 Å². The number of anilines is 1. The maximum atomic E-state index is 12.2. The van der Waals surface area contributed by atoms with Gasteiger partial charge in [-0.2, -0.15) is 10.2 Å². The maximum Gasteiger partial charge on any atom is 0.197 e. The van der Waals surface area contributed by atoms with E-state index in [1.165, 1.54) is 0 Å². The molecule has 0 radical (unpaired) electrons.